The van der Waals surface area contributed by atoms with Crippen LogP contribution in [0.4, 0.5) is 0 Å². The van der Waals surface area contributed by atoms with Crippen LogP contribution in [0.2, 0.25) is 0 Å². The SMILES string of the molecule is CCCCCCCC(=O)NC[C@@H]1CCN(C(C)=O)C1. The third kappa shape index (κ3) is 6.60. The van der Waals surface area contributed by atoms with Gasteiger partial charge in [0.2, 0.25) is 11.8 Å². The second-order valence-electron chi connectivity index (χ2n) is 5.59. The number of rotatable bonds is 8. The van der Waals surface area contributed by atoms with Crippen molar-refractivity contribution < 1.29 is 9.59 Å². The predicted octanol–water partition coefficient (Wildman–Crippen LogP) is 2.33. The van der Waals surface area contributed by atoms with Gasteiger partial charge in [-0.1, -0.05) is 32.6 Å². The molecule has 1 aliphatic heterocycles. The Balaban J connectivity index is 2.03. The molecular formula is C15H28N2O2. The quantitative estimate of drug-likeness (QED) is 0.687. The molecule has 0 bridgehead atoms. The number of hydrogen-bond donors (Lipinski definition) is 1. The topological polar surface area (TPSA) is 49.4 Å². The summed E-state index contributed by atoms with van der Waals surface area (Å²) in [5.41, 5.74) is 0. The van der Waals surface area contributed by atoms with Crippen molar-refractivity contribution in [3.8, 4) is 0 Å². The summed E-state index contributed by atoms with van der Waals surface area (Å²) in [6.07, 6.45) is 7.55. The molecular weight excluding hydrogens is 240 g/mol. The van der Waals surface area contributed by atoms with Gasteiger partial charge in [-0.3, -0.25) is 9.59 Å². The third-order valence-corrected chi connectivity index (χ3v) is 3.83. The Morgan fingerprint density at radius 1 is 1.21 bits per heavy atom. The lowest BCUT2D eigenvalue weighted by Gasteiger charge is -2.14. The highest BCUT2D eigenvalue weighted by Gasteiger charge is 2.24. The zero-order chi connectivity index (χ0) is 14.1. The minimum atomic E-state index is 0.143. The molecule has 1 rings (SSSR count). The Morgan fingerprint density at radius 3 is 2.58 bits per heavy atom. The molecule has 0 spiro atoms. The lowest BCUT2D eigenvalue weighted by Crippen LogP contribution is -2.32. The van der Waals surface area contributed by atoms with Crippen molar-refractivity contribution in [3.05, 3.63) is 0 Å². The molecule has 110 valence electrons. The molecule has 0 saturated carbocycles. The number of nitrogens with zero attached hydrogens (tertiary/aromatic N) is 1. The van der Waals surface area contributed by atoms with E-state index < -0.39 is 0 Å². The Kier molecular flexibility index (Phi) is 7.53. The predicted molar refractivity (Wildman–Crippen MR) is 76.7 cm³/mol. The Bertz CT molecular complexity index is 292. The summed E-state index contributed by atoms with van der Waals surface area (Å²) >= 11 is 0. The number of carbonyl (C=O) groups excluding carboxylic acids is 2. The van der Waals surface area contributed by atoms with Gasteiger partial charge in [0.1, 0.15) is 0 Å². The number of unbranched alkanes of at least 4 members (excludes halogenated alkanes) is 4. The van der Waals surface area contributed by atoms with Crippen molar-refractivity contribution in [3.63, 3.8) is 0 Å². The van der Waals surface area contributed by atoms with Crippen LogP contribution in [0.15, 0.2) is 0 Å². The van der Waals surface area contributed by atoms with Crippen LogP contribution in [0.25, 0.3) is 0 Å². The number of nitrogens with one attached hydrogen (secondary N) is 1. The van der Waals surface area contributed by atoms with E-state index in [1.807, 2.05) is 4.90 Å². The molecule has 4 nitrogen and oxygen atoms in total. The first-order chi connectivity index (χ1) is 9.13. The van der Waals surface area contributed by atoms with Gasteiger partial charge in [-0.05, 0) is 18.8 Å². The molecule has 1 aliphatic rings. The molecule has 0 aromatic carbocycles. The second-order valence-corrected chi connectivity index (χ2v) is 5.59. The van der Waals surface area contributed by atoms with Crippen LogP contribution in [-0.2, 0) is 9.59 Å². The molecule has 2 amide bonds. The summed E-state index contributed by atoms with van der Waals surface area (Å²) in [7, 11) is 0. The van der Waals surface area contributed by atoms with Crippen molar-refractivity contribution in [1.82, 2.24) is 10.2 Å². The summed E-state index contributed by atoms with van der Waals surface area (Å²) in [5, 5.41) is 3.00. The molecule has 0 radical (unpaired) electrons. The van der Waals surface area contributed by atoms with Gasteiger partial charge in [-0.25, -0.2) is 0 Å². The maximum atomic E-state index is 11.7. The highest BCUT2D eigenvalue weighted by atomic mass is 16.2. The number of hydrogen-bond acceptors (Lipinski definition) is 2. The zero-order valence-electron chi connectivity index (χ0n) is 12.4. The molecule has 1 atom stereocenters. The lowest BCUT2D eigenvalue weighted by molar-refractivity contribution is -0.127. The van der Waals surface area contributed by atoms with Crippen LogP contribution in [0.1, 0.15) is 58.8 Å². The van der Waals surface area contributed by atoms with Crippen molar-refractivity contribution in [2.24, 2.45) is 5.92 Å². The molecule has 1 N–H and O–H groups in total. The first-order valence-electron chi connectivity index (χ1n) is 7.65. The average molecular weight is 268 g/mol. The largest absolute Gasteiger partial charge is 0.356 e. The normalized spacial score (nSPS) is 18.6. The van der Waals surface area contributed by atoms with E-state index in [2.05, 4.69) is 12.2 Å². The van der Waals surface area contributed by atoms with Gasteiger partial charge in [0, 0.05) is 33.0 Å². The average Bonchev–Trinajstić information content (AvgIpc) is 2.85. The van der Waals surface area contributed by atoms with Crippen molar-refractivity contribution in [2.75, 3.05) is 19.6 Å². The summed E-state index contributed by atoms with van der Waals surface area (Å²) in [6, 6.07) is 0. The highest BCUT2D eigenvalue weighted by molar-refractivity contribution is 5.76. The van der Waals surface area contributed by atoms with Crippen LogP contribution in [0.5, 0.6) is 0 Å². The summed E-state index contributed by atoms with van der Waals surface area (Å²) in [6.45, 7) is 6.16. The van der Waals surface area contributed by atoms with Gasteiger partial charge in [-0.15, -0.1) is 0 Å². The van der Waals surface area contributed by atoms with Crippen LogP contribution < -0.4 is 5.32 Å². The molecule has 0 aromatic rings. The Labute approximate surface area is 116 Å². The van der Waals surface area contributed by atoms with Crippen LogP contribution >= 0.6 is 0 Å². The summed E-state index contributed by atoms with van der Waals surface area (Å²) < 4.78 is 0. The van der Waals surface area contributed by atoms with E-state index >= 15 is 0 Å². The lowest BCUT2D eigenvalue weighted by atomic mass is 10.1. The number of carbonyl (C=O) groups is 2. The molecule has 1 heterocycles. The molecule has 19 heavy (non-hydrogen) atoms. The van der Waals surface area contributed by atoms with Crippen molar-refractivity contribution in [1.29, 1.82) is 0 Å². The first-order valence-corrected chi connectivity index (χ1v) is 7.65. The monoisotopic (exact) mass is 268 g/mol. The van der Waals surface area contributed by atoms with Crippen molar-refractivity contribution in [2.45, 2.75) is 58.8 Å². The van der Waals surface area contributed by atoms with Crippen LogP contribution in [0, 0.1) is 5.92 Å². The molecule has 0 unspecified atom stereocenters. The smallest absolute Gasteiger partial charge is 0.220 e. The third-order valence-electron chi connectivity index (χ3n) is 3.83. The zero-order valence-corrected chi connectivity index (χ0v) is 12.4. The summed E-state index contributed by atoms with van der Waals surface area (Å²) in [4.78, 5) is 24.7. The van der Waals surface area contributed by atoms with E-state index in [1.165, 1.54) is 19.3 Å². The maximum absolute atomic E-state index is 11.7. The molecule has 0 aliphatic carbocycles. The van der Waals surface area contributed by atoms with Crippen molar-refractivity contribution >= 4 is 11.8 Å². The minimum absolute atomic E-state index is 0.143. The fourth-order valence-electron chi connectivity index (χ4n) is 2.52. The van der Waals surface area contributed by atoms with E-state index in [1.54, 1.807) is 6.92 Å². The van der Waals surface area contributed by atoms with Crippen LogP contribution in [0.3, 0.4) is 0 Å². The van der Waals surface area contributed by atoms with Gasteiger partial charge in [-0.2, -0.15) is 0 Å². The van der Waals surface area contributed by atoms with Gasteiger partial charge >= 0.3 is 0 Å². The van der Waals surface area contributed by atoms with E-state index in [0.717, 1.165) is 38.9 Å². The summed E-state index contributed by atoms with van der Waals surface area (Å²) in [5.74, 6) is 0.746. The standard InChI is InChI=1S/C15H28N2O2/c1-3-4-5-6-7-8-15(19)16-11-14-9-10-17(12-14)13(2)18/h14H,3-12H2,1-2H3,(H,16,19)/t14-/m0/s1. The van der Waals surface area contributed by atoms with Gasteiger partial charge < -0.3 is 10.2 Å². The van der Waals surface area contributed by atoms with Gasteiger partial charge in [0.15, 0.2) is 0 Å². The Hall–Kier alpha value is -1.06. The minimum Gasteiger partial charge on any atom is -0.356 e. The maximum Gasteiger partial charge on any atom is 0.220 e. The first kappa shape index (κ1) is 16.0. The number of likely N-dealkylation sites (tertiary alicyclic amines) is 1. The molecule has 4 heteroatoms. The fourth-order valence-corrected chi connectivity index (χ4v) is 2.52. The van der Waals surface area contributed by atoms with E-state index in [9.17, 15) is 9.59 Å². The molecule has 1 fully saturated rings. The molecule has 1 saturated heterocycles. The Morgan fingerprint density at radius 2 is 1.95 bits per heavy atom. The molecule has 0 aromatic heterocycles. The van der Waals surface area contributed by atoms with E-state index in [-0.39, 0.29) is 11.8 Å². The highest BCUT2D eigenvalue weighted by Crippen LogP contribution is 2.15. The number of amides is 2. The van der Waals surface area contributed by atoms with Crippen LogP contribution in [-0.4, -0.2) is 36.3 Å². The van der Waals surface area contributed by atoms with Gasteiger partial charge in [0.25, 0.3) is 0 Å². The second kappa shape index (κ2) is 8.94. The van der Waals surface area contributed by atoms with E-state index in [0.29, 0.717) is 12.3 Å². The fraction of sp³-hybridized carbons (Fsp3) is 0.867. The van der Waals surface area contributed by atoms with Gasteiger partial charge in [0.05, 0.1) is 0 Å². The van der Waals surface area contributed by atoms with E-state index in [4.69, 9.17) is 0 Å².